The average Bonchev–Trinajstić information content (AvgIpc) is 2.77. The van der Waals surface area contributed by atoms with E-state index in [2.05, 4.69) is 60.3 Å². The van der Waals surface area contributed by atoms with Crippen LogP contribution in [0.1, 0.15) is 5.56 Å². The molecule has 90 valence electrons. The fourth-order valence-electron chi connectivity index (χ4n) is 2.52. The van der Waals surface area contributed by atoms with Gasteiger partial charge < -0.3 is 10.3 Å². The van der Waals surface area contributed by atoms with Crippen molar-refractivity contribution in [3.05, 3.63) is 60.3 Å². The molecule has 3 rings (SSSR count). The Morgan fingerprint density at radius 3 is 2.50 bits per heavy atom. The second-order valence-corrected chi connectivity index (χ2v) is 4.53. The molecule has 0 fully saturated rings. The predicted molar refractivity (Wildman–Crippen MR) is 76.2 cm³/mol. The van der Waals surface area contributed by atoms with E-state index in [0.29, 0.717) is 6.54 Å². The van der Waals surface area contributed by atoms with Crippen molar-refractivity contribution in [2.75, 3.05) is 0 Å². The van der Waals surface area contributed by atoms with Gasteiger partial charge in [0.25, 0.3) is 0 Å². The Balaban J connectivity index is 2.32. The summed E-state index contributed by atoms with van der Waals surface area (Å²) in [5.41, 5.74) is 10.8. The first kappa shape index (κ1) is 11.1. The SMILES string of the molecule is Cn1cc(-c2ccccc2CN)c2ccccc21. The van der Waals surface area contributed by atoms with Gasteiger partial charge in [-0.1, -0.05) is 42.5 Å². The number of rotatable bonds is 2. The molecular formula is C16H16N2. The van der Waals surface area contributed by atoms with Gasteiger partial charge in [0, 0.05) is 36.3 Å². The fourth-order valence-corrected chi connectivity index (χ4v) is 2.52. The minimum absolute atomic E-state index is 0.569. The van der Waals surface area contributed by atoms with Gasteiger partial charge >= 0.3 is 0 Å². The lowest BCUT2D eigenvalue weighted by Gasteiger charge is -2.06. The van der Waals surface area contributed by atoms with Crippen LogP contribution in [0, 0.1) is 0 Å². The molecule has 3 aromatic rings. The van der Waals surface area contributed by atoms with Gasteiger partial charge in [0.05, 0.1) is 0 Å². The van der Waals surface area contributed by atoms with E-state index in [1.807, 2.05) is 6.07 Å². The van der Waals surface area contributed by atoms with Crippen LogP contribution in [0.2, 0.25) is 0 Å². The maximum absolute atomic E-state index is 5.83. The molecule has 0 aliphatic heterocycles. The number of benzene rings is 2. The van der Waals surface area contributed by atoms with Gasteiger partial charge in [-0.25, -0.2) is 0 Å². The number of fused-ring (bicyclic) bond motifs is 1. The van der Waals surface area contributed by atoms with Crippen LogP contribution < -0.4 is 5.73 Å². The van der Waals surface area contributed by atoms with Crippen LogP contribution in [0.25, 0.3) is 22.0 Å². The van der Waals surface area contributed by atoms with Crippen LogP contribution in [-0.4, -0.2) is 4.57 Å². The van der Waals surface area contributed by atoms with Gasteiger partial charge in [-0.2, -0.15) is 0 Å². The van der Waals surface area contributed by atoms with Crippen molar-refractivity contribution in [3.63, 3.8) is 0 Å². The van der Waals surface area contributed by atoms with E-state index >= 15 is 0 Å². The number of hydrogen-bond donors (Lipinski definition) is 1. The van der Waals surface area contributed by atoms with E-state index in [4.69, 9.17) is 5.73 Å². The molecule has 0 spiro atoms. The molecule has 0 radical (unpaired) electrons. The normalized spacial score (nSPS) is 11.0. The zero-order chi connectivity index (χ0) is 12.5. The van der Waals surface area contributed by atoms with Crippen LogP contribution >= 0.6 is 0 Å². The maximum Gasteiger partial charge on any atom is 0.0484 e. The van der Waals surface area contributed by atoms with Crippen LogP contribution in [0.3, 0.4) is 0 Å². The number of para-hydroxylation sites is 1. The lowest BCUT2D eigenvalue weighted by molar-refractivity contribution is 0.969. The summed E-state index contributed by atoms with van der Waals surface area (Å²) in [5, 5.41) is 1.28. The summed E-state index contributed by atoms with van der Waals surface area (Å²) >= 11 is 0. The summed E-state index contributed by atoms with van der Waals surface area (Å²) in [4.78, 5) is 0. The summed E-state index contributed by atoms with van der Waals surface area (Å²) in [5.74, 6) is 0. The number of nitrogens with zero attached hydrogens (tertiary/aromatic N) is 1. The fraction of sp³-hybridized carbons (Fsp3) is 0.125. The zero-order valence-corrected chi connectivity index (χ0v) is 10.4. The summed E-state index contributed by atoms with van der Waals surface area (Å²) < 4.78 is 2.16. The molecule has 0 atom stereocenters. The van der Waals surface area contributed by atoms with E-state index in [1.165, 1.54) is 27.6 Å². The third-order valence-corrected chi connectivity index (χ3v) is 3.42. The first-order valence-corrected chi connectivity index (χ1v) is 6.13. The predicted octanol–water partition coefficient (Wildman–Crippen LogP) is 3.30. The maximum atomic E-state index is 5.83. The number of aryl methyl sites for hydroxylation is 1. The monoisotopic (exact) mass is 236 g/mol. The van der Waals surface area contributed by atoms with Crippen LogP contribution in [0.15, 0.2) is 54.7 Å². The van der Waals surface area contributed by atoms with E-state index < -0.39 is 0 Å². The second-order valence-electron chi connectivity index (χ2n) is 4.53. The molecule has 0 saturated heterocycles. The van der Waals surface area contributed by atoms with E-state index in [-0.39, 0.29) is 0 Å². The number of aromatic nitrogens is 1. The number of nitrogens with two attached hydrogens (primary N) is 1. The molecule has 2 nitrogen and oxygen atoms in total. The molecule has 2 N–H and O–H groups in total. The number of hydrogen-bond acceptors (Lipinski definition) is 1. The summed E-state index contributed by atoms with van der Waals surface area (Å²) in [6.07, 6.45) is 2.18. The summed E-state index contributed by atoms with van der Waals surface area (Å²) in [6, 6.07) is 16.8. The molecule has 1 heterocycles. The molecule has 0 aliphatic carbocycles. The molecule has 0 bridgehead atoms. The van der Waals surface area contributed by atoms with Gasteiger partial charge in [-0.3, -0.25) is 0 Å². The van der Waals surface area contributed by atoms with Gasteiger partial charge in [-0.05, 0) is 17.2 Å². The van der Waals surface area contributed by atoms with Gasteiger partial charge in [0.1, 0.15) is 0 Å². The smallest absolute Gasteiger partial charge is 0.0484 e. The highest BCUT2D eigenvalue weighted by atomic mass is 14.9. The quantitative estimate of drug-likeness (QED) is 0.727. The molecule has 0 aliphatic rings. The van der Waals surface area contributed by atoms with Crippen molar-refractivity contribution in [3.8, 4) is 11.1 Å². The Morgan fingerprint density at radius 1 is 0.944 bits per heavy atom. The van der Waals surface area contributed by atoms with Crippen LogP contribution in [0.5, 0.6) is 0 Å². The van der Waals surface area contributed by atoms with Crippen molar-refractivity contribution < 1.29 is 0 Å². The highest BCUT2D eigenvalue weighted by Gasteiger charge is 2.10. The van der Waals surface area contributed by atoms with Crippen LogP contribution in [0.4, 0.5) is 0 Å². The minimum Gasteiger partial charge on any atom is -0.350 e. The first-order chi connectivity index (χ1) is 8.81. The largest absolute Gasteiger partial charge is 0.350 e. The molecular weight excluding hydrogens is 220 g/mol. The topological polar surface area (TPSA) is 30.9 Å². The summed E-state index contributed by atoms with van der Waals surface area (Å²) in [7, 11) is 2.08. The Morgan fingerprint density at radius 2 is 1.67 bits per heavy atom. The van der Waals surface area contributed by atoms with Gasteiger partial charge in [0.2, 0.25) is 0 Å². The van der Waals surface area contributed by atoms with Crippen molar-refractivity contribution in [2.24, 2.45) is 12.8 Å². The van der Waals surface area contributed by atoms with Crippen LogP contribution in [-0.2, 0) is 13.6 Å². The van der Waals surface area contributed by atoms with E-state index in [9.17, 15) is 0 Å². The third kappa shape index (κ3) is 1.62. The zero-order valence-electron chi connectivity index (χ0n) is 10.4. The molecule has 2 aromatic carbocycles. The molecule has 18 heavy (non-hydrogen) atoms. The Bertz CT molecular complexity index is 695. The highest BCUT2D eigenvalue weighted by molar-refractivity contribution is 5.96. The van der Waals surface area contributed by atoms with Crippen molar-refractivity contribution >= 4 is 10.9 Å². The molecule has 0 amide bonds. The molecule has 1 aromatic heterocycles. The third-order valence-electron chi connectivity index (χ3n) is 3.42. The lowest BCUT2D eigenvalue weighted by atomic mass is 9.99. The van der Waals surface area contributed by atoms with Crippen molar-refractivity contribution in [1.29, 1.82) is 0 Å². The molecule has 2 heteroatoms. The lowest BCUT2D eigenvalue weighted by Crippen LogP contribution is -1.98. The van der Waals surface area contributed by atoms with E-state index in [1.54, 1.807) is 0 Å². The van der Waals surface area contributed by atoms with Gasteiger partial charge in [0.15, 0.2) is 0 Å². The van der Waals surface area contributed by atoms with Crippen molar-refractivity contribution in [1.82, 2.24) is 4.57 Å². The molecule has 0 saturated carbocycles. The Labute approximate surface area is 107 Å². The highest BCUT2D eigenvalue weighted by Crippen LogP contribution is 2.32. The van der Waals surface area contributed by atoms with Gasteiger partial charge in [-0.15, -0.1) is 0 Å². The standard InChI is InChI=1S/C16H16N2/c1-18-11-15(14-8-4-5-9-16(14)18)13-7-3-2-6-12(13)10-17/h2-9,11H,10,17H2,1H3. The summed E-state index contributed by atoms with van der Waals surface area (Å²) in [6.45, 7) is 0.569. The Kier molecular flexibility index (Phi) is 2.65. The van der Waals surface area contributed by atoms with E-state index in [0.717, 1.165) is 0 Å². The first-order valence-electron chi connectivity index (χ1n) is 6.13. The molecule has 0 unspecified atom stereocenters. The average molecular weight is 236 g/mol. The minimum atomic E-state index is 0.569. The Hall–Kier alpha value is -2.06. The van der Waals surface area contributed by atoms with Crippen molar-refractivity contribution in [2.45, 2.75) is 6.54 Å². The second kappa shape index (κ2) is 4.31.